The van der Waals surface area contributed by atoms with Crippen molar-refractivity contribution in [3.63, 3.8) is 0 Å². The molecular weight excluding hydrogens is 613 g/mol. The van der Waals surface area contributed by atoms with E-state index in [-0.39, 0.29) is 24.7 Å². The Kier molecular flexibility index (Phi) is 11.2. The van der Waals surface area contributed by atoms with E-state index in [2.05, 4.69) is 27.8 Å². The van der Waals surface area contributed by atoms with Gasteiger partial charge in [0.15, 0.2) is 10.6 Å². The number of aromatic nitrogens is 2. The van der Waals surface area contributed by atoms with Crippen molar-refractivity contribution < 1.29 is 28.9 Å². The zero-order valence-electron chi connectivity index (χ0n) is 25.2. The molecule has 0 saturated carbocycles. The van der Waals surface area contributed by atoms with Gasteiger partial charge < -0.3 is 30.0 Å². The molecule has 4 aromatic rings. The van der Waals surface area contributed by atoms with Crippen LogP contribution in [-0.4, -0.2) is 52.3 Å². The third-order valence-corrected chi connectivity index (χ3v) is 9.58. The number of nitrogens with one attached hydrogen (secondary N) is 2. The maximum absolute atomic E-state index is 12.8. The van der Waals surface area contributed by atoms with Crippen LogP contribution in [0.4, 0.5) is 10.5 Å². The van der Waals surface area contributed by atoms with Crippen molar-refractivity contribution in [3.05, 3.63) is 106 Å². The van der Waals surface area contributed by atoms with Gasteiger partial charge in [0.2, 0.25) is 0 Å². The zero-order valence-corrected chi connectivity index (χ0v) is 26.8. The first kappa shape index (κ1) is 32.6. The summed E-state index contributed by atoms with van der Waals surface area (Å²) in [6.45, 7) is 4.02. The van der Waals surface area contributed by atoms with Gasteiger partial charge in [-0.3, -0.25) is 0 Å². The maximum Gasteiger partial charge on any atom is 0.328 e. The predicted molar refractivity (Wildman–Crippen MR) is 173 cm³/mol. The minimum atomic E-state index is -0.843. The van der Waals surface area contributed by atoms with E-state index in [9.17, 15) is 14.7 Å². The highest BCUT2D eigenvalue weighted by molar-refractivity contribution is 8.01. The summed E-state index contributed by atoms with van der Waals surface area (Å²) in [5.41, 5.74) is 4.07. The number of rotatable bonds is 11. The van der Waals surface area contributed by atoms with Crippen LogP contribution in [0.1, 0.15) is 46.6 Å². The second kappa shape index (κ2) is 15.5. The highest BCUT2D eigenvalue weighted by Gasteiger charge is 2.38. The molecule has 5 atom stereocenters. The lowest BCUT2D eigenvalue weighted by atomic mass is 9.91. The Morgan fingerprint density at radius 3 is 2.33 bits per heavy atom. The fourth-order valence-electron chi connectivity index (χ4n) is 5.03. The molecule has 45 heavy (non-hydrogen) atoms. The van der Waals surface area contributed by atoms with E-state index in [0.717, 1.165) is 31.6 Å². The molecule has 2 amide bonds. The normalized spacial score (nSPS) is 20.3. The number of anilines is 1. The minimum Gasteiger partial charge on any atom is -0.467 e. The molecule has 1 fully saturated rings. The van der Waals surface area contributed by atoms with E-state index in [1.54, 1.807) is 35.2 Å². The number of aryl methyl sites for hydroxylation is 1. The first-order valence-corrected chi connectivity index (χ1v) is 16.4. The van der Waals surface area contributed by atoms with Crippen molar-refractivity contribution in [1.29, 1.82) is 0 Å². The lowest BCUT2D eigenvalue weighted by molar-refractivity contribution is -0.268. The average molecular weight is 649 g/mol. The summed E-state index contributed by atoms with van der Waals surface area (Å²) in [6, 6.07) is 23.1. The van der Waals surface area contributed by atoms with Crippen LogP contribution < -0.4 is 10.6 Å². The van der Waals surface area contributed by atoms with Crippen LogP contribution in [0.2, 0.25) is 0 Å². The average Bonchev–Trinajstić information content (AvgIpc) is 3.49. The molecule has 12 heteroatoms. The Labute approximate surface area is 270 Å². The third kappa shape index (κ3) is 8.68. The van der Waals surface area contributed by atoms with Crippen LogP contribution in [-0.2, 0) is 32.0 Å². The number of thioether (sulfide) groups is 1. The molecule has 0 unspecified atom stereocenters. The summed E-state index contributed by atoms with van der Waals surface area (Å²) >= 11 is 3.17. The molecule has 3 N–H and O–H groups in total. The molecule has 0 radical (unpaired) electrons. The van der Waals surface area contributed by atoms with Gasteiger partial charge in [-0.1, -0.05) is 96.8 Å². The van der Waals surface area contributed by atoms with Gasteiger partial charge in [0.1, 0.15) is 11.0 Å². The standard InChI is InChI=1S/C33H36N4O6S2/c1-20-28(19-44-33-37-36-21(2)45-33)42-31(43-29(20)24-11-9-23(18-38)10-12-24)25-13-15-26(16-14-25)34-32(40)35-27(30(39)41-3)17-22-7-5-4-6-8-22/h4-16,20,27-29,31,38H,17-19H2,1-3H3,(H2,34,35,40)/t20-,27-,28+,29+,31+/m0/s1. The molecule has 3 aromatic carbocycles. The number of aliphatic hydroxyl groups is 1. The summed E-state index contributed by atoms with van der Waals surface area (Å²) in [7, 11) is 1.30. The molecule has 2 heterocycles. The smallest absolute Gasteiger partial charge is 0.328 e. The molecule has 10 nitrogen and oxygen atoms in total. The SMILES string of the molecule is COC(=O)[C@H](Cc1ccccc1)NC(=O)Nc1ccc([C@@H]2O[C@H](CSc3nnc(C)s3)[C@H](C)[C@H](c3ccc(CO)cc3)O2)cc1. The van der Waals surface area contributed by atoms with Crippen molar-refractivity contribution in [3.8, 4) is 0 Å². The van der Waals surface area contributed by atoms with E-state index in [1.165, 1.54) is 7.11 Å². The number of carbonyl (C=O) groups is 2. The molecule has 0 aliphatic carbocycles. The molecule has 0 spiro atoms. The van der Waals surface area contributed by atoms with Gasteiger partial charge in [0.05, 0.1) is 25.9 Å². The molecule has 1 aliphatic heterocycles. The van der Waals surface area contributed by atoms with E-state index in [4.69, 9.17) is 14.2 Å². The number of carbonyl (C=O) groups excluding carboxylic acids is 2. The van der Waals surface area contributed by atoms with Gasteiger partial charge in [-0.25, -0.2) is 9.59 Å². The van der Waals surface area contributed by atoms with Crippen molar-refractivity contribution >= 4 is 40.8 Å². The Morgan fingerprint density at radius 2 is 1.69 bits per heavy atom. The van der Waals surface area contributed by atoms with Crippen LogP contribution in [0.5, 0.6) is 0 Å². The minimum absolute atomic E-state index is 0.0254. The number of hydrogen-bond donors (Lipinski definition) is 3. The van der Waals surface area contributed by atoms with Crippen molar-refractivity contribution in [2.75, 3.05) is 18.2 Å². The van der Waals surface area contributed by atoms with E-state index in [1.807, 2.05) is 73.7 Å². The fourth-order valence-corrected chi connectivity index (χ4v) is 7.04. The lowest BCUT2D eigenvalue weighted by Gasteiger charge is -2.41. The second-order valence-electron chi connectivity index (χ2n) is 10.7. The Morgan fingerprint density at radius 1 is 0.978 bits per heavy atom. The number of amides is 2. The predicted octanol–water partition coefficient (Wildman–Crippen LogP) is 5.83. The van der Waals surface area contributed by atoms with E-state index < -0.39 is 24.3 Å². The molecule has 0 bridgehead atoms. The van der Waals surface area contributed by atoms with Gasteiger partial charge in [0.25, 0.3) is 0 Å². The molecule has 1 aromatic heterocycles. The van der Waals surface area contributed by atoms with Gasteiger partial charge in [-0.15, -0.1) is 10.2 Å². The summed E-state index contributed by atoms with van der Waals surface area (Å²) in [6.07, 6.45) is -0.745. The summed E-state index contributed by atoms with van der Waals surface area (Å²) in [4.78, 5) is 25.2. The Bertz CT molecular complexity index is 1550. The summed E-state index contributed by atoms with van der Waals surface area (Å²) in [5.74, 6) is 0.177. The van der Waals surface area contributed by atoms with Crippen LogP contribution in [0.25, 0.3) is 0 Å². The molecule has 5 rings (SSSR count). The number of aliphatic hydroxyl groups excluding tert-OH is 1. The number of esters is 1. The number of urea groups is 1. The number of hydrogen-bond acceptors (Lipinski definition) is 10. The quantitative estimate of drug-likeness (QED) is 0.136. The summed E-state index contributed by atoms with van der Waals surface area (Å²) in [5, 5.41) is 24.3. The Hall–Kier alpha value is -3.81. The van der Waals surface area contributed by atoms with Crippen molar-refractivity contribution in [1.82, 2.24) is 15.5 Å². The maximum atomic E-state index is 12.8. The van der Waals surface area contributed by atoms with Gasteiger partial charge in [-0.2, -0.15) is 0 Å². The van der Waals surface area contributed by atoms with Gasteiger partial charge in [0, 0.05) is 29.3 Å². The zero-order chi connectivity index (χ0) is 31.8. The Balaban J connectivity index is 1.27. The van der Waals surface area contributed by atoms with Crippen molar-refractivity contribution in [2.45, 2.75) is 55.8 Å². The van der Waals surface area contributed by atoms with Crippen LogP contribution >= 0.6 is 23.1 Å². The first-order valence-electron chi connectivity index (χ1n) is 14.6. The second-order valence-corrected chi connectivity index (χ2v) is 13.2. The molecule has 1 saturated heterocycles. The van der Waals surface area contributed by atoms with Crippen molar-refractivity contribution in [2.24, 2.45) is 5.92 Å². The van der Waals surface area contributed by atoms with Gasteiger partial charge in [-0.05, 0) is 35.7 Å². The van der Waals surface area contributed by atoms with E-state index >= 15 is 0 Å². The monoisotopic (exact) mass is 648 g/mol. The van der Waals surface area contributed by atoms with Crippen LogP contribution in [0.15, 0.2) is 83.2 Å². The number of nitrogens with zero attached hydrogens (tertiary/aromatic N) is 2. The first-order chi connectivity index (χ1) is 21.8. The topological polar surface area (TPSA) is 132 Å². The van der Waals surface area contributed by atoms with E-state index in [0.29, 0.717) is 17.9 Å². The number of ether oxygens (including phenoxy) is 3. The molecular formula is C33H36N4O6S2. The molecule has 236 valence electrons. The third-order valence-electron chi connectivity index (χ3n) is 7.52. The van der Waals surface area contributed by atoms with Crippen LogP contribution in [0.3, 0.4) is 0 Å². The highest BCUT2D eigenvalue weighted by atomic mass is 32.2. The fraction of sp³-hybridized carbons (Fsp3) is 0.333. The summed E-state index contributed by atoms with van der Waals surface area (Å²) < 4.78 is 18.8. The number of benzene rings is 3. The lowest BCUT2D eigenvalue weighted by Crippen LogP contribution is -2.45. The number of methoxy groups -OCH3 is 1. The highest BCUT2D eigenvalue weighted by Crippen LogP contribution is 2.43. The molecule has 1 aliphatic rings. The van der Waals surface area contributed by atoms with Crippen LogP contribution in [0, 0.1) is 12.8 Å². The largest absolute Gasteiger partial charge is 0.467 e. The van der Waals surface area contributed by atoms with Gasteiger partial charge >= 0.3 is 12.0 Å².